The van der Waals surface area contributed by atoms with Gasteiger partial charge in [-0.3, -0.25) is 0 Å². The molecule has 0 aliphatic carbocycles. The van der Waals surface area contributed by atoms with Crippen molar-refractivity contribution < 1.29 is 33.6 Å². The van der Waals surface area contributed by atoms with E-state index in [1.165, 1.54) is 0 Å². The summed E-state index contributed by atoms with van der Waals surface area (Å²) in [6.07, 6.45) is -4.71. The summed E-state index contributed by atoms with van der Waals surface area (Å²) in [4.78, 5) is 12.0. The van der Waals surface area contributed by atoms with Gasteiger partial charge in [-0.25, -0.2) is 4.79 Å². The molecule has 0 aliphatic rings. The van der Waals surface area contributed by atoms with Gasteiger partial charge in [0.2, 0.25) is 0 Å². The van der Waals surface area contributed by atoms with E-state index in [9.17, 15) is 15.0 Å². The van der Waals surface area contributed by atoms with Crippen LogP contribution in [0.2, 0.25) is 18.1 Å². The molecule has 0 amide bonds. The summed E-state index contributed by atoms with van der Waals surface area (Å²) in [5.41, 5.74) is 0.859. The Hall–Kier alpha value is -1.45. The van der Waals surface area contributed by atoms with E-state index >= 15 is 0 Å². The van der Waals surface area contributed by atoms with Gasteiger partial charge in [-0.1, -0.05) is 32.9 Å². The molecular weight excluding hydrogens is 404 g/mol. The highest BCUT2D eigenvalue weighted by atomic mass is 28.4. The second-order valence-electron chi connectivity index (χ2n) is 8.89. The minimum absolute atomic E-state index is 0.0491. The van der Waals surface area contributed by atoms with Crippen molar-refractivity contribution in [3.8, 4) is 5.75 Å². The van der Waals surface area contributed by atoms with Gasteiger partial charge in [0.1, 0.15) is 18.0 Å². The second kappa shape index (κ2) is 11.2. The molecule has 0 saturated heterocycles. The SMILES string of the molecule is CCOC(=O)[C@H](O)[C@@H](O)[C@@H](OCc1ccc(OC)cc1)[C@@H](C)O[Si](C)(C)C(C)(C)C. The summed E-state index contributed by atoms with van der Waals surface area (Å²) in [6, 6.07) is 7.33. The molecule has 7 nitrogen and oxygen atoms in total. The highest BCUT2D eigenvalue weighted by molar-refractivity contribution is 6.74. The van der Waals surface area contributed by atoms with Crippen molar-refractivity contribution >= 4 is 14.3 Å². The van der Waals surface area contributed by atoms with Crippen LogP contribution in [0.5, 0.6) is 5.75 Å². The summed E-state index contributed by atoms with van der Waals surface area (Å²) in [7, 11) is -0.588. The van der Waals surface area contributed by atoms with Gasteiger partial charge in [0.15, 0.2) is 14.4 Å². The van der Waals surface area contributed by atoms with Gasteiger partial charge in [-0.15, -0.1) is 0 Å². The topological polar surface area (TPSA) is 94.5 Å². The standard InChI is InChI=1S/C22H38O7Si/c1-9-27-21(25)19(24)18(23)20(15(2)29-30(7,8)22(3,4)5)28-14-16-10-12-17(26-6)13-11-16/h10-13,15,18-20,23-24H,9,14H2,1-8H3/t15-,18-,19-,20+/m1/s1. The monoisotopic (exact) mass is 442 g/mol. The minimum Gasteiger partial charge on any atom is -0.497 e. The summed E-state index contributed by atoms with van der Waals surface area (Å²) in [6.45, 7) is 14.2. The second-order valence-corrected chi connectivity index (χ2v) is 13.7. The average Bonchev–Trinajstić information content (AvgIpc) is 2.66. The molecule has 172 valence electrons. The largest absolute Gasteiger partial charge is 0.497 e. The Morgan fingerprint density at radius 3 is 2.17 bits per heavy atom. The fraction of sp³-hybridized carbons (Fsp3) is 0.682. The predicted molar refractivity (Wildman–Crippen MR) is 118 cm³/mol. The van der Waals surface area contributed by atoms with Crippen LogP contribution in [0.3, 0.4) is 0 Å². The first-order valence-corrected chi connectivity index (χ1v) is 13.2. The maximum absolute atomic E-state index is 12.0. The van der Waals surface area contributed by atoms with Crippen LogP contribution in [0.25, 0.3) is 0 Å². The van der Waals surface area contributed by atoms with E-state index in [2.05, 4.69) is 33.9 Å². The van der Waals surface area contributed by atoms with Crippen LogP contribution >= 0.6 is 0 Å². The van der Waals surface area contributed by atoms with Crippen LogP contribution in [0.15, 0.2) is 24.3 Å². The first-order chi connectivity index (χ1) is 13.8. The third-order valence-electron chi connectivity index (χ3n) is 5.54. The van der Waals surface area contributed by atoms with Crippen LogP contribution in [-0.4, -0.2) is 62.6 Å². The van der Waals surface area contributed by atoms with Gasteiger partial charge >= 0.3 is 5.97 Å². The van der Waals surface area contributed by atoms with E-state index < -0.39 is 38.7 Å². The Bertz CT molecular complexity index is 654. The number of rotatable bonds is 11. The smallest absolute Gasteiger partial charge is 0.337 e. The summed E-state index contributed by atoms with van der Waals surface area (Å²) in [5.74, 6) is -0.162. The quantitative estimate of drug-likeness (QED) is 0.401. The van der Waals surface area contributed by atoms with E-state index in [1.54, 1.807) is 21.0 Å². The van der Waals surface area contributed by atoms with E-state index in [4.69, 9.17) is 18.6 Å². The molecule has 0 saturated carbocycles. The third-order valence-corrected chi connectivity index (χ3v) is 10.1. The molecule has 0 spiro atoms. The number of ether oxygens (including phenoxy) is 3. The normalized spacial score (nSPS) is 16.5. The predicted octanol–water partition coefficient (Wildman–Crippen LogP) is 3.28. The van der Waals surface area contributed by atoms with Crippen molar-refractivity contribution in [1.82, 2.24) is 0 Å². The van der Waals surface area contributed by atoms with Gasteiger partial charge in [0.05, 0.1) is 26.4 Å². The number of carbonyl (C=O) groups excluding carboxylic acids is 1. The maximum atomic E-state index is 12.0. The molecule has 8 heteroatoms. The Balaban J connectivity index is 3.02. The molecule has 1 rings (SSSR count). The van der Waals surface area contributed by atoms with Crippen LogP contribution < -0.4 is 4.74 Å². The zero-order valence-electron chi connectivity index (χ0n) is 19.5. The number of hydrogen-bond acceptors (Lipinski definition) is 7. The molecule has 1 aromatic carbocycles. The Labute approximate surface area is 181 Å². The molecule has 1 aromatic rings. The molecule has 0 heterocycles. The lowest BCUT2D eigenvalue weighted by molar-refractivity contribution is -0.173. The number of hydrogen-bond donors (Lipinski definition) is 2. The first kappa shape index (κ1) is 26.6. The first-order valence-electron chi connectivity index (χ1n) is 10.3. The molecule has 30 heavy (non-hydrogen) atoms. The minimum atomic E-state index is -2.18. The maximum Gasteiger partial charge on any atom is 0.337 e. The molecular formula is C22H38O7Si. The number of esters is 1. The van der Waals surface area contributed by atoms with Crippen LogP contribution in [0, 0.1) is 0 Å². The molecule has 2 N–H and O–H groups in total. The Kier molecular flexibility index (Phi) is 9.97. The number of benzene rings is 1. The lowest BCUT2D eigenvalue weighted by atomic mass is 10.0. The summed E-state index contributed by atoms with van der Waals surface area (Å²) >= 11 is 0. The van der Waals surface area contributed by atoms with Gasteiger partial charge in [0, 0.05) is 0 Å². The van der Waals surface area contributed by atoms with Crippen LogP contribution in [-0.2, 0) is 25.3 Å². The van der Waals surface area contributed by atoms with Gasteiger partial charge in [0.25, 0.3) is 0 Å². The van der Waals surface area contributed by atoms with Crippen molar-refractivity contribution in [3.05, 3.63) is 29.8 Å². The van der Waals surface area contributed by atoms with Gasteiger partial charge < -0.3 is 28.8 Å². The zero-order chi connectivity index (χ0) is 23.1. The highest BCUT2D eigenvalue weighted by Crippen LogP contribution is 2.38. The van der Waals surface area contributed by atoms with E-state index in [1.807, 2.05) is 24.3 Å². The van der Waals surface area contributed by atoms with Crippen molar-refractivity contribution in [3.63, 3.8) is 0 Å². The summed E-state index contributed by atoms with van der Waals surface area (Å²) < 4.78 is 22.3. The van der Waals surface area contributed by atoms with Crippen molar-refractivity contribution in [2.24, 2.45) is 0 Å². The van der Waals surface area contributed by atoms with E-state index in [0.717, 1.165) is 11.3 Å². The number of methoxy groups -OCH3 is 1. The molecule has 0 aliphatic heterocycles. The Morgan fingerprint density at radius 1 is 1.13 bits per heavy atom. The molecule has 0 unspecified atom stereocenters. The zero-order valence-corrected chi connectivity index (χ0v) is 20.5. The number of carbonyl (C=O) groups is 1. The molecule has 0 radical (unpaired) electrons. The molecule has 4 atom stereocenters. The van der Waals surface area contributed by atoms with Gasteiger partial charge in [-0.2, -0.15) is 0 Å². The third kappa shape index (κ3) is 7.35. The molecule has 0 fully saturated rings. The molecule has 0 bridgehead atoms. The van der Waals surface area contributed by atoms with E-state index in [0.29, 0.717) is 0 Å². The molecule has 0 aromatic heterocycles. The lowest BCUT2D eigenvalue weighted by Gasteiger charge is -2.41. The van der Waals surface area contributed by atoms with Crippen molar-refractivity contribution in [1.29, 1.82) is 0 Å². The Morgan fingerprint density at radius 2 is 1.70 bits per heavy atom. The van der Waals surface area contributed by atoms with Crippen molar-refractivity contribution in [2.75, 3.05) is 13.7 Å². The van der Waals surface area contributed by atoms with Gasteiger partial charge in [-0.05, 0) is 49.7 Å². The highest BCUT2D eigenvalue weighted by Gasteiger charge is 2.43. The summed E-state index contributed by atoms with van der Waals surface area (Å²) in [5, 5.41) is 21.0. The van der Waals surface area contributed by atoms with E-state index in [-0.39, 0.29) is 18.3 Å². The van der Waals surface area contributed by atoms with Crippen molar-refractivity contribution in [2.45, 2.75) is 83.8 Å². The lowest BCUT2D eigenvalue weighted by Crippen LogP contribution is -2.53. The fourth-order valence-electron chi connectivity index (χ4n) is 2.68. The van der Waals surface area contributed by atoms with Crippen LogP contribution in [0.4, 0.5) is 0 Å². The average molecular weight is 443 g/mol. The number of aliphatic hydroxyl groups excluding tert-OH is 2. The number of aliphatic hydroxyl groups is 2. The fourth-order valence-corrected chi connectivity index (χ4v) is 4.10. The van der Waals surface area contributed by atoms with Crippen LogP contribution in [0.1, 0.15) is 40.2 Å².